The van der Waals surface area contributed by atoms with Crippen LogP contribution in [-0.4, -0.2) is 12.5 Å². The Morgan fingerprint density at radius 1 is 0.786 bits per heavy atom. The number of carbonyl (C=O) groups is 1. The largest absolute Gasteiger partial charge is 0.632 e. The Morgan fingerprint density at radius 3 is 1.93 bits per heavy atom. The van der Waals surface area contributed by atoms with E-state index in [4.69, 9.17) is 4.84 Å². The van der Waals surface area contributed by atoms with Gasteiger partial charge in [-0.1, -0.05) is 106 Å². The summed E-state index contributed by atoms with van der Waals surface area (Å²) in [6.45, 7) is 2.94. The smallest absolute Gasteiger partial charge is 0.195 e. The Labute approximate surface area is 168 Å². The second-order valence-electron chi connectivity index (χ2n) is 7.45. The first-order chi connectivity index (χ1) is 13.8. The highest BCUT2D eigenvalue weighted by molar-refractivity contribution is 6.16. The van der Waals surface area contributed by atoms with Gasteiger partial charge in [0.2, 0.25) is 0 Å². The number of hydroxylamine groups is 1. The Hall–Kier alpha value is -2.39. The van der Waals surface area contributed by atoms with Crippen LogP contribution in [0.3, 0.4) is 0 Å². The topological polar surface area (TPSA) is 41.2 Å². The molecule has 0 unspecified atom stereocenters. The van der Waals surface area contributed by atoms with Crippen molar-refractivity contribution in [3.05, 3.63) is 60.2 Å². The summed E-state index contributed by atoms with van der Waals surface area (Å²) < 4.78 is 0. The minimum Gasteiger partial charge on any atom is -0.195 e. The Bertz CT molecular complexity index is 849. The van der Waals surface area contributed by atoms with Crippen molar-refractivity contribution in [1.29, 1.82) is 0 Å². The molecular formula is C25H31NO2+. The van der Waals surface area contributed by atoms with Crippen LogP contribution >= 0.6 is 0 Å². The first-order valence-corrected chi connectivity index (χ1v) is 10.7. The molecule has 0 saturated heterocycles. The molecule has 3 rings (SSSR count). The third-order valence-corrected chi connectivity index (χ3v) is 5.27. The summed E-state index contributed by atoms with van der Waals surface area (Å²) in [5.41, 5.74) is 3.51. The SMILES string of the molecule is CCCCCCCCCCNOC(=[O+])c1c2ccccc2cc2ccccc12. The van der Waals surface area contributed by atoms with E-state index in [0.29, 0.717) is 12.1 Å². The van der Waals surface area contributed by atoms with Crippen molar-refractivity contribution >= 4 is 27.5 Å². The quantitative estimate of drug-likeness (QED) is 0.173. The van der Waals surface area contributed by atoms with Gasteiger partial charge in [0.15, 0.2) is 0 Å². The monoisotopic (exact) mass is 377 g/mol. The molecule has 1 radical (unpaired) electrons. The van der Waals surface area contributed by atoms with Gasteiger partial charge in [-0.3, -0.25) is 0 Å². The highest BCUT2D eigenvalue weighted by atomic mass is 16.7. The van der Waals surface area contributed by atoms with Crippen LogP contribution in [0.5, 0.6) is 0 Å². The first kappa shape index (κ1) is 20.3. The number of hydrogen-bond acceptors (Lipinski definition) is 3. The molecule has 3 aromatic rings. The van der Waals surface area contributed by atoms with E-state index in [1.807, 2.05) is 48.5 Å². The van der Waals surface area contributed by atoms with Gasteiger partial charge in [-0.25, -0.2) is 0 Å². The second-order valence-corrected chi connectivity index (χ2v) is 7.45. The van der Waals surface area contributed by atoms with Crippen LogP contribution in [0.1, 0.15) is 68.6 Å². The molecule has 0 saturated carbocycles. The summed E-state index contributed by atoms with van der Waals surface area (Å²) >= 11 is 0. The number of rotatable bonds is 11. The van der Waals surface area contributed by atoms with Crippen molar-refractivity contribution in [1.82, 2.24) is 5.48 Å². The van der Waals surface area contributed by atoms with Gasteiger partial charge in [0, 0.05) is 10.8 Å². The van der Waals surface area contributed by atoms with Crippen molar-refractivity contribution in [2.24, 2.45) is 0 Å². The fourth-order valence-corrected chi connectivity index (χ4v) is 3.73. The van der Waals surface area contributed by atoms with Crippen molar-refractivity contribution < 1.29 is 9.63 Å². The number of hydrogen-bond donors (Lipinski definition) is 1. The van der Waals surface area contributed by atoms with Crippen LogP contribution in [0.25, 0.3) is 21.5 Å². The number of carbonyl (C=O) groups excluding carboxylic acids is 1. The minimum atomic E-state index is -0.312. The standard InChI is InChI=1S/C25H31NO2/c1-2-3-4-5-6-7-8-13-18-26-28-25(27)24-22-16-11-9-14-20(22)19-21-15-10-12-17-23(21)24/h9-12,14-17,19,26H,2-8,13,18H2,1H3/q+1. The van der Waals surface area contributed by atoms with Crippen LogP contribution < -0.4 is 5.48 Å². The molecule has 0 aromatic heterocycles. The molecule has 0 spiro atoms. The molecule has 0 aliphatic heterocycles. The average Bonchev–Trinajstić information content (AvgIpc) is 2.73. The molecule has 1 N–H and O–H groups in total. The minimum absolute atomic E-state index is 0.312. The summed E-state index contributed by atoms with van der Waals surface area (Å²) in [5.74, 6) is -0.312. The van der Waals surface area contributed by atoms with Gasteiger partial charge in [0.25, 0.3) is 0 Å². The van der Waals surface area contributed by atoms with Crippen LogP contribution in [0.2, 0.25) is 0 Å². The van der Waals surface area contributed by atoms with Crippen LogP contribution in [0.4, 0.5) is 0 Å². The molecule has 147 valence electrons. The van der Waals surface area contributed by atoms with Crippen molar-refractivity contribution in [3.63, 3.8) is 0 Å². The third kappa shape index (κ3) is 5.32. The summed E-state index contributed by atoms with van der Waals surface area (Å²) in [6, 6.07) is 18.1. The normalized spacial score (nSPS) is 11.2. The molecule has 0 aliphatic rings. The van der Waals surface area contributed by atoms with Gasteiger partial charge < -0.3 is 0 Å². The zero-order valence-electron chi connectivity index (χ0n) is 16.9. The zero-order chi connectivity index (χ0) is 19.6. The van der Waals surface area contributed by atoms with Gasteiger partial charge in [0.05, 0.1) is 11.3 Å². The summed E-state index contributed by atoms with van der Waals surface area (Å²) in [6.07, 6.45) is 10.1. The molecule has 3 nitrogen and oxygen atoms in total. The van der Waals surface area contributed by atoms with E-state index >= 15 is 0 Å². The van der Waals surface area contributed by atoms with E-state index in [9.17, 15) is 4.79 Å². The van der Waals surface area contributed by atoms with Crippen molar-refractivity contribution in [2.45, 2.75) is 58.3 Å². The Kier molecular flexibility index (Phi) is 7.86. The summed E-state index contributed by atoms with van der Waals surface area (Å²) in [4.78, 5) is 18.2. The number of unbranched alkanes of at least 4 members (excludes halogenated alkanes) is 7. The van der Waals surface area contributed by atoms with E-state index in [0.717, 1.165) is 28.0 Å². The van der Waals surface area contributed by atoms with E-state index in [1.165, 1.54) is 44.9 Å². The fraction of sp³-hybridized carbons (Fsp3) is 0.400. The third-order valence-electron chi connectivity index (χ3n) is 5.27. The highest BCUT2D eigenvalue weighted by Gasteiger charge is 2.27. The predicted octanol–water partition coefficient (Wildman–Crippen LogP) is 6.80. The van der Waals surface area contributed by atoms with Crippen LogP contribution in [0.15, 0.2) is 54.6 Å². The Morgan fingerprint density at radius 2 is 1.32 bits per heavy atom. The molecule has 0 heterocycles. The lowest BCUT2D eigenvalue weighted by Gasteiger charge is -2.06. The second kappa shape index (κ2) is 10.8. The maximum absolute atomic E-state index is 12.8. The lowest BCUT2D eigenvalue weighted by atomic mass is 9.97. The number of benzene rings is 3. The van der Waals surface area contributed by atoms with Crippen molar-refractivity contribution in [2.75, 3.05) is 6.54 Å². The fourth-order valence-electron chi connectivity index (χ4n) is 3.73. The lowest BCUT2D eigenvalue weighted by Crippen LogP contribution is -2.21. The van der Waals surface area contributed by atoms with Gasteiger partial charge in [-0.2, -0.15) is 4.84 Å². The van der Waals surface area contributed by atoms with Gasteiger partial charge in [-0.15, -0.1) is 0 Å². The van der Waals surface area contributed by atoms with E-state index < -0.39 is 0 Å². The Balaban J connectivity index is 1.54. The first-order valence-electron chi connectivity index (χ1n) is 10.7. The van der Waals surface area contributed by atoms with Crippen LogP contribution in [-0.2, 0) is 4.84 Å². The van der Waals surface area contributed by atoms with Crippen molar-refractivity contribution in [3.8, 4) is 0 Å². The molecule has 0 atom stereocenters. The van der Waals surface area contributed by atoms with Gasteiger partial charge >= 0.3 is 5.97 Å². The summed E-state index contributed by atoms with van der Waals surface area (Å²) in [7, 11) is 0. The molecule has 0 aliphatic carbocycles. The van der Waals surface area contributed by atoms with Gasteiger partial charge in [0.1, 0.15) is 5.56 Å². The lowest BCUT2D eigenvalue weighted by molar-refractivity contribution is 0.0256. The number of nitrogens with one attached hydrogen (secondary N) is 1. The number of fused-ring (bicyclic) bond motifs is 2. The molecule has 3 heteroatoms. The predicted molar refractivity (Wildman–Crippen MR) is 117 cm³/mol. The molecular weight excluding hydrogens is 346 g/mol. The maximum Gasteiger partial charge on any atom is 0.632 e. The molecule has 28 heavy (non-hydrogen) atoms. The zero-order valence-corrected chi connectivity index (χ0v) is 16.9. The molecule has 0 fully saturated rings. The molecule has 0 bridgehead atoms. The molecule has 0 amide bonds. The summed E-state index contributed by atoms with van der Waals surface area (Å²) in [5, 5.41) is 3.97. The molecule has 3 aromatic carbocycles. The van der Waals surface area contributed by atoms with E-state index in [2.05, 4.69) is 18.5 Å². The van der Waals surface area contributed by atoms with Crippen LogP contribution in [0, 0.1) is 0 Å². The highest BCUT2D eigenvalue weighted by Crippen LogP contribution is 2.28. The average molecular weight is 378 g/mol. The van der Waals surface area contributed by atoms with E-state index in [1.54, 1.807) is 0 Å². The van der Waals surface area contributed by atoms with Gasteiger partial charge in [-0.05, 0) is 23.3 Å². The van der Waals surface area contributed by atoms with E-state index in [-0.39, 0.29) is 5.97 Å². The maximum atomic E-state index is 12.8.